The fourth-order valence-corrected chi connectivity index (χ4v) is 2.10. The second-order valence-corrected chi connectivity index (χ2v) is 4.62. The summed E-state index contributed by atoms with van der Waals surface area (Å²) >= 11 is 0. The molecule has 19 heavy (non-hydrogen) atoms. The first-order valence-electron chi connectivity index (χ1n) is 6.53. The van der Waals surface area contributed by atoms with Gasteiger partial charge in [-0.05, 0) is 36.6 Å². The van der Waals surface area contributed by atoms with Crippen LogP contribution in [0.1, 0.15) is 18.1 Å². The number of rotatable bonds is 6. The zero-order valence-electron chi connectivity index (χ0n) is 11.4. The van der Waals surface area contributed by atoms with Gasteiger partial charge >= 0.3 is 0 Å². The summed E-state index contributed by atoms with van der Waals surface area (Å²) in [5, 5.41) is 14.3. The summed E-state index contributed by atoms with van der Waals surface area (Å²) in [6.45, 7) is 2.90. The van der Waals surface area contributed by atoms with Crippen LogP contribution < -0.4 is 4.74 Å². The Morgan fingerprint density at radius 1 is 1.32 bits per heavy atom. The molecule has 2 aromatic rings. The van der Waals surface area contributed by atoms with Crippen molar-refractivity contribution in [3.63, 3.8) is 0 Å². The number of methoxy groups -OCH3 is 1. The van der Waals surface area contributed by atoms with Gasteiger partial charge in [-0.2, -0.15) is 5.10 Å². The van der Waals surface area contributed by atoms with E-state index in [1.54, 1.807) is 7.11 Å². The van der Waals surface area contributed by atoms with E-state index in [2.05, 4.69) is 5.10 Å². The normalized spacial score (nSPS) is 12.4. The second-order valence-electron chi connectivity index (χ2n) is 4.62. The van der Waals surface area contributed by atoms with Gasteiger partial charge in [-0.25, -0.2) is 0 Å². The third-order valence-corrected chi connectivity index (χ3v) is 3.09. The average Bonchev–Trinajstić information content (AvgIpc) is 2.86. The van der Waals surface area contributed by atoms with Crippen LogP contribution in [0.25, 0.3) is 0 Å². The molecular formula is C15H20N2O2. The highest BCUT2D eigenvalue weighted by molar-refractivity contribution is 5.29. The minimum Gasteiger partial charge on any atom is -0.497 e. The Morgan fingerprint density at radius 3 is 2.79 bits per heavy atom. The van der Waals surface area contributed by atoms with E-state index in [1.807, 2.05) is 48.3 Å². The van der Waals surface area contributed by atoms with Gasteiger partial charge < -0.3 is 9.84 Å². The molecule has 4 nitrogen and oxygen atoms in total. The number of aromatic nitrogens is 2. The van der Waals surface area contributed by atoms with Crippen LogP contribution in [0.4, 0.5) is 0 Å². The summed E-state index contributed by atoms with van der Waals surface area (Å²) in [7, 11) is 1.65. The maximum Gasteiger partial charge on any atom is 0.119 e. The fourth-order valence-electron chi connectivity index (χ4n) is 2.10. The van der Waals surface area contributed by atoms with E-state index < -0.39 is 6.10 Å². The van der Waals surface area contributed by atoms with Gasteiger partial charge in [0, 0.05) is 19.2 Å². The fraction of sp³-hybridized carbons (Fsp3) is 0.400. The number of nitrogens with zero attached hydrogens (tertiary/aromatic N) is 2. The number of ether oxygens (including phenoxy) is 1. The Labute approximate surface area is 113 Å². The lowest BCUT2D eigenvalue weighted by Gasteiger charge is -2.10. The highest BCUT2D eigenvalue weighted by atomic mass is 16.5. The van der Waals surface area contributed by atoms with E-state index in [0.717, 1.165) is 23.4 Å². The number of benzene rings is 1. The number of aliphatic hydroxyl groups is 1. The van der Waals surface area contributed by atoms with Crippen LogP contribution in [0.2, 0.25) is 0 Å². The molecule has 1 aromatic heterocycles. The van der Waals surface area contributed by atoms with Gasteiger partial charge in [-0.1, -0.05) is 12.1 Å². The molecule has 0 amide bonds. The van der Waals surface area contributed by atoms with Gasteiger partial charge in [0.1, 0.15) is 5.75 Å². The first-order valence-corrected chi connectivity index (χ1v) is 6.53. The lowest BCUT2D eigenvalue weighted by Crippen LogP contribution is -2.13. The zero-order valence-corrected chi connectivity index (χ0v) is 11.4. The van der Waals surface area contributed by atoms with Gasteiger partial charge in [0.2, 0.25) is 0 Å². The Balaban J connectivity index is 1.94. The van der Waals surface area contributed by atoms with Gasteiger partial charge in [-0.3, -0.25) is 4.68 Å². The van der Waals surface area contributed by atoms with Crippen molar-refractivity contribution in [3.05, 3.63) is 47.8 Å². The Hall–Kier alpha value is -1.81. The summed E-state index contributed by atoms with van der Waals surface area (Å²) in [6.07, 6.45) is 4.64. The Bertz CT molecular complexity index is 522. The summed E-state index contributed by atoms with van der Waals surface area (Å²) in [4.78, 5) is 0. The smallest absolute Gasteiger partial charge is 0.119 e. The van der Waals surface area contributed by atoms with Crippen molar-refractivity contribution in [1.29, 1.82) is 0 Å². The van der Waals surface area contributed by atoms with E-state index in [1.165, 1.54) is 0 Å². The number of hydrogen-bond acceptors (Lipinski definition) is 3. The van der Waals surface area contributed by atoms with Crippen LogP contribution in [-0.2, 0) is 19.4 Å². The van der Waals surface area contributed by atoms with Crippen molar-refractivity contribution in [2.24, 2.45) is 0 Å². The largest absolute Gasteiger partial charge is 0.497 e. The van der Waals surface area contributed by atoms with E-state index in [0.29, 0.717) is 12.8 Å². The van der Waals surface area contributed by atoms with Crippen LogP contribution >= 0.6 is 0 Å². The van der Waals surface area contributed by atoms with Crippen molar-refractivity contribution in [3.8, 4) is 5.75 Å². The first kappa shape index (κ1) is 13.6. The molecule has 0 spiro atoms. The maximum atomic E-state index is 10.1. The predicted octanol–water partition coefficient (Wildman–Crippen LogP) is 2.06. The molecule has 1 aromatic carbocycles. The molecule has 1 heterocycles. The van der Waals surface area contributed by atoms with Gasteiger partial charge in [0.05, 0.1) is 19.4 Å². The lowest BCUT2D eigenvalue weighted by molar-refractivity contribution is 0.175. The molecule has 0 aliphatic carbocycles. The number of aryl methyl sites for hydroxylation is 1. The van der Waals surface area contributed by atoms with E-state index >= 15 is 0 Å². The molecule has 102 valence electrons. The van der Waals surface area contributed by atoms with Gasteiger partial charge in [-0.15, -0.1) is 0 Å². The van der Waals surface area contributed by atoms with Crippen molar-refractivity contribution in [1.82, 2.24) is 9.78 Å². The molecule has 1 unspecified atom stereocenters. The summed E-state index contributed by atoms with van der Waals surface area (Å²) in [5.41, 5.74) is 2.15. The minimum atomic E-state index is -0.401. The monoisotopic (exact) mass is 260 g/mol. The maximum absolute atomic E-state index is 10.1. The quantitative estimate of drug-likeness (QED) is 0.864. The zero-order chi connectivity index (χ0) is 13.7. The topological polar surface area (TPSA) is 47.3 Å². The highest BCUT2D eigenvalue weighted by Gasteiger charge is 2.09. The van der Waals surface area contributed by atoms with Crippen molar-refractivity contribution in [2.75, 3.05) is 7.11 Å². The molecule has 0 aliphatic rings. The lowest BCUT2D eigenvalue weighted by atomic mass is 10.0. The molecule has 4 heteroatoms. The predicted molar refractivity (Wildman–Crippen MR) is 74.3 cm³/mol. The number of hydrogen-bond donors (Lipinski definition) is 1. The Morgan fingerprint density at radius 2 is 2.11 bits per heavy atom. The standard InChI is InChI=1S/C15H20N2O2/c1-3-17-11-13(10-16-17)8-14(18)7-12-5-4-6-15(9-12)19-2/h4-6,9-11,14,18H,3,7-8H2,1-2H3. The molecule has 1 N–H and O–H groups in total. The second kappa shape index (κ2) is 6.38. The third-order valence-electron chi connectivity index (χ3n) is 3.09. The Kier molecular flexibility index (Phi) is 4.58. The van der Waals surface area contributed by atoms with Gasteiger partial charge in [0.15, 0.2) is 0 Å². The number of aliphatic hydroxyl groups excluding tert-OH is 1. The van der Waals surface area contributed by atoms with E-state index in [-0.39, 0.29) is 0 Å². The highest BCUT2D eigenvalue weighted by Crippen LogP contribution is 2.15. The van der Waals surface area contributed by atoms with Crippen molar-refractivity contribution < 1.29 is 9.84 Å². The van der Waals surface area contributed by atoms with Crippen molar-refractivity contribution >= 4 is 0 Å². The first-order chi connectivity index (χ1) is 9.21. The molecule has 0 aliphatic heterocycles. The van der Waals surface area contributed by atoms with Crippen LogP contribution in [-0.4, -0.2) is 28.1 Å². The molecular weight excluding hydrogens is 240 g/mol. The van der Waals surface area contributed by atoms with Crippen LogP contribution in [0, 0.1) is 0 Å². The molecule has 0 saturated heterocycles. The van der Waals surface area contributed by atoms with E-state index in [9.17, 15) is 5.11 Å². The average molecular weight is 260 g/mol. The van der Waals surface area contributed by atoms with Crippen LogP contribution in [0.15, 0.2) is 36.7 Å². The van der Waals surface area contributed by atoms with E-state index in [4.69, 9.17) is 4.74 Å². The molecule has 0 saturated carbocycles. The molecule has 0 bridgehead atoms. The molecule has 1 atom stereocenters. The summed E-state index contributed by atoms with van der Waals surface area (Å²) < 4.78 is 7.05. The summed E-state index contributed by atoms with van der Waals surface area (Å²) in [6, 6.07) is 7.80. The molecule has 0 fully saturated rings. The van der Waals surface area contributed by atoms with Crippen molar-refractivity contribution in [2.45, 2.75) is 32.4 Å². The molecule has 2 rings (SSSR count). The SMILES string of the molecule is CCn1cc(CC(O)Cc2cccc(OC)c2)cn1. The van der Waals surface area contributed by atoms with Crippen LogP contribution in [0.3, 0.4) is 0 Å². The van der Waals surface area contributed by atoms with Crippen LogP contribution in [0.5, 0.6) is 5.75 Å². The summed E-state index contributed by atoms with van der Waals surface area (Å²) in [5.74, 6) is 0.823. The third kappa shape index (κ3) is 3.83. The molecule has 0 radical (unpaired) electrons. The van der Waals surface area contributed by atoms with Gasteiger partial charge in [0.25, 0.3) is 0 Å². The minimum absolute atomic E-state index is 0.401.